The number of carbonyl (C=O) groups excluding carboxylic acids is 1. The van der Waals surface area contributed by atoms with Crippen LogP contribution in [0, 0.1) is 5.82 Å². The van der Waals surface area contributed by atoms with Crippen LogP contribution in [0.5, 0.6) is 5.75 Å². The lowest BCUT2D eigenvalue weighted by Crippen LogP contribution is -2.48. The number of rotatable bonds is 4. The van der Waals surface area contributed by atoms with Gasteiger partial charge in [0.25, 0.3) is 0 Å². The largest absolute Gasteiger partial charge is 0.493 e. The first kappa shape index (κ1) is 18.7. The summed E-state index contributed by atoms with van der Waals surface area (Å²) in [4.78, 5) is 14.8. The summed E-state index contributed by atoms with van der Waals surface area (Å²) in [6.07, 6.45) is 2.61. The number of fused-ring (bicyclic) bond motifs is 1. The third kappa shape index (κ3) is 4.62. The van der Waals surface area contributed by atoms with Gasteiger partial charge >= 0.3 is 6.03 Å². The van der Waals surface area contributed by atoms with E-state index >= 15 is 0 Å². The van der Waals surface area contributed by atoms with E-state index in [1.54, 1.807) is 0 Å². The van der Waals surface area contributed by atoms with E-state index < -0.39 is 0 Å². The number of nitrogens with one attached hydrogen (secondary N) is 2. The van der Waals surface area contributed by atoms with E-state index in [9.17, 15) is 9.18 Å². The number of carbonyl (C=O) groups is 1. The monoisotopic (exact) mass is 383 g/mol. The molecule has 1 fully saturated rings. The first-order valence-electron chi connectivity index (χ1n) is 9.93. The SMILES string of the molecule is O=C(NC1CCN(Cc2ccc(F)cc2)CC1)NC1CCOc2ccccc21. The number of benzene rings is 2. The van der Waals surface area contributed by atoms with Crippen LogP contribution in [0.15, 0.2) is 48.5 Å². The second-order valence-corrected chi connectivity index (χ2v) is 7.52. The number of piperidine rings is 1. The van der Waals surface area contributed by atoms with Gasteiger partial charge in [0.15, 0.2) is 0 Å². The van der Waals surface area contributed by atoms with E-state index in [0.717, 1.165) is 55.8 Å². The van der Waals surface area contributed by atoms with Gasteiger partial charge in [-0.15, -0.1) is 0 Å². The first-order valence-corrected chi connectivity index (χ1v) is 9.93. The van der Waals surface area contributed by atoms with Gasteiger partial charge in [0.1, 0.15) is 11.6 Å². The smallest absolute Gasteiger partial charge is 0.315 e. The van der Waals surface area contributed by atoms with Crippen LogP contribution in [-0.2, 0) is 6.54 Å². The van der Waals surface area contributed by atoms with Gasteiger partial charge in [-0.05, 0) is 36.6 Å². The Bertz CT molecular complexity index is 804. The molecule has 2 aromatic rings. The minimum absolute atomic E-state index is 0.0106. The van der Waals surface area contributed by atoms with Crippen LogP contribution in [0.25, 0.3) is 0 Å². The van der Waals surface area contributed by atoms with Gasteiger partial charge in [-0.3, -0.25) is 4.90 Å². The molecule has 0 radical (unpaired) electrons. The van der Waals surface area contributed by atoms with Crippen molar-refractivity contribution in [3.63, 3.8) is 0 Å². The van der Waals surface area contributed by atoms with Crippen LogP contribution < -0.4 is 15.4 Å². The summed E-state index contributed by atoms with van der Waals surface area (Å²) < 4.78 is 18.7. The second-order valence-electron chi connectivity index (χ2n) is 7.52. The number of para-hydroxylation sites is 1. The molecular formula is C22H26FN3O2. The molecule has 0 bridgehead atoms. The Kier molecular flexibility index (Phi) is 5.76. The maximum Gasteiger partial charge on any atom is 0.315 e. The number of hydrogen-bond acceptors (Lipinski definition) is 3. The van der Waals surface area contributed by atoms with Gasteiger partial charge in [-0.2, -0.15) is 0 Å². The predicted molar refractivity (Wildman–Crippen MR) is 106 cm³/mol. The fourth-order valence-corrected chi connectivity index (χ4v) is 3.96. The molecule has 148 valence electrons. The molecule has 2 aliphatic rings. The van der Waals surface area contributed by atoms with Crippen LogP contribution in [0.2, 0.25) is 0 Å². The van der Waals surface area contributed by atoms with Crippen LogP contribution in [0.4, 0.5) is 9.18 Å². The minimum atomic E-state index is -0.204. The molecule has 2 N–H and O–H groups in total. The van der Waals surface area contributed by atoms with E-state index in [1.165, 1.54) is 12.1 Å². The molecule has 1 saturated heterocycles. The summed E-state index contributed by atoms with van der Waals surface area (Å²) in [6.45, 7) is 3.27. The molecule has 6 heteroatoms. The van der Waals surface area contributed by atoms with E-state index in [-0.39, 0.29) is 23.9 Å². The molecule has 2 aliphatic heterocycles. The number of halogens is 1. The lowest BCUT2D eigenvalue weighted by Gasteiger charge is -2.33. The van der Waals surface area contributed by atoms with Crippen molar-refractivity contribution in [3.05, 3.63) is 65.5 Å². The highest BCUT2D eigenvalue weighted by atomic mass is 19.1. The first-order chi connectivity index (χ1) is 13.7. The Morgan fingerprint density at radius 1 is 1.04 bits per heavy atom. The van der Waals surface area contributed by atoms with Crippen molar-refractivity contribution >= 4 is 6.03 Å². The predicted octanol–water partition coefficient (Wildman–Crippen LogP) is 3.61. The molecule has 0 spiro atoms. The molecule has 2 heterocycles. The average molecular weight is 383 g/mol. The fraction of sp³-hybridized carbons (Fsp3) is 0.409. The Morgan fingerprint density at radius 2 is 1.79 bits per heavy atom. The van der Waals surface area contributed by atoms with Crippen LogP contribution >= 0.6 is 0 Å². The normalized spacial score (nSPS) is 20.1. The van der Waals surface area contributed by atoms with E-state index in [1.807, 2.05) is 36.4 Å². The van der Waals surface area contributed by atoms with Crippen molar-refractivity contribution in [2.75, 3.05) is 19.7 Å². The van der Waals surface area contributed by atoms with Crippen molar-refractivity contribution in [1.82, 2.24) is 15.5 Å². The fourth-order valence-electron chi connectivity index (χ4n) is 3.96. The summed E-state index contributed by atoms with van der Waals surface area (Å²) in [5.41, 5.74) is 2.15. The maximum atomic E-state index is 13.0. The van der Waals surface area contributed by atoms with E-state index in [0.29, 0.717) is 6.61 Å². The Balaban J connectivity index is 1.24. The van der Waals surface area contributed by atoms with Crippen molar-refractivity contribution in [1.29, 1.82) is 0 Å². The van der Waals surface area contributed by atoms with Gasteiger partial charge in [0.05, 0.1) is 12.6 Å². The van der Waals surface area contributed by atoms with Crippen LogP contribution in [-0.4, -0.2) is 36.7 Å². The van der Waals surface area contributed by atoms with Gasteiger partial charge in [0.2, 0.25) is 0 Å². The number of nitrogens with zero attached hydrogens (tertiary/aromatic N) is 1. The van der Waals surface area contributed by atoms with Crippen molar-refractivity contribution < 1.29 is 13.9 Å². The number of urea groups is 1. The van der Waals surface area contributed by atoms with Gasteiger partial charge < -0.3 is 15.4 Å². The van der Waals surface area contributed by atoms with Crippen LogP contribution in [0.1, 0.15) is 36.4 Å². The molecule has 1 unspecified atom stereocenters. The third-order valence-electron chi connectivity index (χ3n) is 5.51. The zero-order chi connectivity index (χ0) is 19.3. The van der Waals surface area contributed by atoms with Crippen molar-refractivity contribution in [2.45, 2.75) is 37.9 Å². The highest BCUT2D eigenvalue weighted by Crippen LogP contribution is 2.31. The Hall–Kier alpha value is -2.60. The number of likely N-dealkylation sites (tertiary alicyclic amines) is 1. The van der Waals surface area contributed by atoms with Gasteiger partial charge in [-0.25, -0.2) is 9.18 Å². The molecule has 0 aliphatic carbocycles. The summed E-state index contributed by atoms with van der Waals surface area (Å²) in [7, 11) is 0. The zero-order valence-corrected chi connectivity index (χ0v) is 15.9. The highest BCUT2D eigenvalue weighted by molar-refractivity contribution is 5.75. The molecule has 2 amide bonds. The molecule has 4 rings (SSSR count). The number of ether oxygens (including phenoxy) is 1. The summed E-state index contributed by atoms with van der Waals surface area (Å²) in [5.74, 6) is 0.651. The molecule has 0 aromatic heterocycles. The Morgan fingerprint density at radius 3 is 2.57 bits per heavy atom. The second kappa shape index (κ2) is 8.61. The molecule has 28 heavy (non-hydrogen) atoms. The number of hydrogen-bond donors (Lipinski definition) is 2. The van der Waals surface area contributed by atoms with Crippen LogP contribution in [0.3, 0.4) is 0 Å². The lowest BCUT2D eigenvalue weighted by atomic mass is 10.0. The lowest BCUT2D eigenvalue weighted by molar-refractivity contribution is 0.183. The summed E-state index contributed by atoms with van der Waals surface area (Å²) in [6, 6.07) is 14.6. The number of amides is 2. The summed E-state index contributed by atoms with van der Waals surface area (Å²) >= 11 is 0. The average Bonchev–Trinajstić information content (AvgIpc) is 2.71. The Labute approximate surface area is 164 Å². The highest BCUT2D eigenvalue weighted by Gasteiger charge is 2.25. The topological polar surface area (TPSA) is 53.6 Å². The van der Waals surface area contributed by atoms with Gasteiger partial charge in [-0.1, -0.05) is 30.3 Å². The van der Waals surface area contributed by atoms with Crippen molar-refractivity contribution in [2.24, 2.45) is 0 Å². The van der Waals surface area contributed by atoms with Crippen molar-refractivity contribution in [3.8, 4) is 5.75 Å². The zero-order valence-electron chi connectivity index (χ0n) is 15.9. The van der Waals surface area contributed by atoms with E-state index in [2.05, 4.69) is 15.5 Å². The maximum absolute atomic E-state index is 13.0. The van der Waals surface area contributed by atoms with Gasteiger partial charge in [0, 0.05) is 37.7 Å². The molecule has 2 aromatic carbocycles. The molecule has 0 saturated carbocycles. The minimum Gasteiger partial charge on any atom is -0.493 e. The quantitative estimate of drug-likeness (QED) is 0.848. The third-order valence-corrected chi connectivity index (χ3v) is 5.51. The molecule has 1 atom stereocenters. The summed E-state index contributed by atoms with van der Waals surface area (Å²) in [5, 5.41) is 6.22. The van der Waals surface area contributed by atoms with E-state index in [4.69, 9.17) is 4.74 Å². The molecule has 5 nitrogen and oxygen atoms in total. The molecular weight excluding hydrogens is 357 g/mol. The standard InChI is InChI=1S/C22H26FN3O2/c23-17-7-5-16(6-8-17)15-26-12-9-18(10-13-26)24-22(27)25-20-11-14-28-21-4-2-1-3-19(20)21/h1-8,18,20H,9-15H2,(H2,24,25,27).